The molecule has 0 radical (unpaired) electrons. The van der Waals surface area contributed by atoms with Crippen molar-refractivity contribution in [2.75, 3.05) is 37.6 Å². The third kappa shape index (κ3) is 5.08. The second-order valence-electron chi connectivity index (χ2n) is 9.37. The highest BCUT2D eigenvalue weighted by Gasteiger charge is 2.34. The number of aliphatic imine (C=N–C) groups is 1. The molecular weight excluding hydrogens is 414 g/mol. The molecule has 33 heavy (non-hydrogen) atoms. The molecule has 0 unspecified atom stereocenters. The highest BCUT2D eigenvalue weighted by molar-refractivity contribution is 5.84. The average molecular weight is 450 g/mol. The van der Waals surface area contributed by atoms with E-state index in [1.807, 2.05) is 4.90 Å². The summed E-state index contributed by atoms with van der Waals surface area (Å²) >= 11 is 0. The summed E-state index contributed by atoms with van der Waals surface area (Å²) in [5, 5.41) is 10.3. The molecule has 3 atom stereocenters. The molecule has 0 spiro atoms. The van der Waals surface area contributed by atoms with Gasteiger partial charge in [0.05, 0.1) is 17.7 Å². The van der Waals surface area contributed by atoms with Crippen LogP contribution in [0.3, 0.4) is 0 Å². The fraction of sp³-hybridized carbons (Fsp3) is 0.538. The van der Waals surface area contributed by atoms with E-state index in [1.165, 1.54) is 5.56 Å². The minimum Gasteiger partial charge on any atom is -0.387 e. The molecule has 1 amide bonds. The average Bonchev–Trinajstić information content (AvgIpc) is 3.13. The SMILES string of the molecule is C=NCCCC[C@@H](C(=O)N1CCN(c2ncnc3c2[C@H](C)C[C@@H]3O)CC1)c1ccc(C)cc1. The van der Waals surface area contributed by atoms with Crippen LogP contribution >= 0.6 is 0 Å². The molecule has 7 nitrogen and oxygen atoms in total. The lowest BCUT2D eigenvalue weighted by Crippen LogP contribution is -2.50. The van der Waals surface area contributed by atoms with Crippen molar-refractivity contribution in [2.24, 2.45) is 4.99 Å². The number of aryl methyl sites for hydroxylation is 1. The monoisotopic (exact) mass is 449 g/mol. The number of nitrogens with zero attached hydrogens (tertiary/aromatic N) is 5. The molecular formula is C26H35N5O2. The van der Waals surface area contributed by atoms with Gasteiger partial charge in [0.25, 0.3) is 0 Å². The van der Waals surface area contributed by atoms with E-state index in [2.05, 4.69) is 64.7 Å². The number of carbonyl (C=O) groups is 1. The zero-order valence-corrected chi connectivity index (χ0v) is 19.8. The smallest absolute Gasteiger partial charge is 0.230 e. The van der Waals surface area contributed by atoms with Crippen LogP contribution in [0.4, 0.5) is 5.82 Å². The molecule has 7 heteroatoms. The van der Waals surface area contributed by atoms with Gasteiger partial charge in [0.15, 0.2) is 0 Å². The number of hydrogen-bond donors (Lipinski definition) is 1. The summed E-state index contributed by atoms with van der Waals surface area (Å²) in [4.78, 5) is 30.7. The fourth-order valence-electron chi connectivity index (χ4n) is 5.12. The Bertz CT molecular complexity index is 969. The van der Waals surface area contributed by atoms with Crippen LogP contribution in [0.15, 0.2) is 35.6 Å². The van der Waals surface area contributed by atoms with Gasteiger partial charge in [-0.3, -0.25) is 4.79 Å². The van der Waals surface area contributed by atoms with Gasteiger partial charge in [-0.15, -0.1) is 0 Å². The molecule has 0 saturated carbocycles. The van der Waals surface area contributed by atoms with Crippen molar-refractivity contribution in [2.45, 2.75) is 57.5 Å². The van der Waals surface area contributed by atoms with Crippen LogP contribution in [0.5, 0.6) is 0 Å². The molecule has 1 fully saturated rings. The van der Waals surface area contributed by atoms with Crippen molar-refractivity contribution < 1.29 is 9.90 Å². The molecule has 0 bridgehead atoms. The normalized spacial score (nSPS) is 21.1. The van der Waals surface area contributed by atoms with Gasteiger partial charge in [-0.2, -0.15) is 0 Å². The number of anilines is 1. The van der Waals surface area contributed by atoms with Gasteiger partial charge < -0.3 is 19.9 Å². The predicted molar refractivity (Wildman–Crippen MR) is 131 cm³/mol. The van der Waals surface area contributed by atoms with Crippen LogP contribution in [0, 0.1) is 6.92 Å². The predicted octanol–water partition coefficient (Wildman–Crippen LogP) is 3.63. The van der Waals surface area contributed by atoms with E-state index in [4.69, 9.17) is 0 Å². The maximum absolute atomic E-state index is 13.6. The summed E-state index contributed by atoms with van der Waals surface area (Å²) in [6.45, 7) is 11.3. The van der Waals surface area contributed by atoms with Crippen molar-refractivity contribution in [3.8, 4) is 0 Å². The highest BCUT2D eigenvalue weighted by Crippen LogP contribution is 2.42. The lowest BCUT2D eigenvalue weighted by atomic mass is 9.91. The number of carbonyl (C=O) groups excluding carboxylic acids is 1. The maximum Gasteiger partial charge on any atom is 0.230 e. The molecule has 1 aliphatic heterocycles. The van der Waals surface area contributed by atoms with Crippen molar-refractivity contribution in [1.29, 1.82) is 0 Å². The van der Waals surface area contributed by atoms with Crippen LogP contribution in [0.1, 0.15) is 72.9 Å². The second kappa shape index (κ2) is 10.4. The lowest BCUT2D eigenvalue weighted by molar-refractivity contribution is -0.133. The largest absolute Gasteiger partial charge is 0.387 e. The number of amides is 1. The summed E-state index contributed by atoms with van der Waals surface area (Å²) in [5.74, 6) is 1.24. The third-order valence-electron chi connectivity index (χ3n) is 7.01. The number of piperazine rings is 1. The molecule has 2 aromatic rings. The van der Waals surface area contributed by atoms with Crippen molar-refractivity contribution in [1.82, 2.24) is 14.9 Å². The number of rotatable bonds is 8. The Balaban J connectivity index is 1.45. The Morgan fingerprint density at radius 3 is 2.61 bits per heavy atom. The Labute approximate surface area is 196 Å². The minimum absolute atomic E-state index is 0.125. The minimum atomic E-state index is -0.508. The topological polar surface area (TPSA) is 81.9 Å². The van der Waals surface area contributed by atoms with Gasteiger partial charge in [0.1, 0.15) is 12.1 Å². The Morgan fingerprint density at radius 1 is 1.18 bits per heavy atom. The Kier molecular flexibility index (Phi) is 7.38. The zero-order valence-electron chi connectivity index (χ0n) is 19.8. The number of aliphatic hydroxyl groups is 1. The van der Waals surface area contributed by atoms with E-state index in [1.54, 1.807) is 6.33 Å². The number of fused-ring (bicyclic) bond motifs is 1. The summed E-state index contributed by atoms with van der Waals surface area (Å²) in [6.07, 6.45) is 4.47. The molecule has 1 N–H and O–H groups in total. The molecule has 2 aliphatic rings. The first-order chi connectivity index (χ1) is 16.0. The first kappa shape index (κ1) is 23.4. The molecule has 2 heterocycles. The fourth-order valence-corrected chi connectivity index (χ4v) is 5.12. The van der Waals surface area contributed by atoms with Gasteiger partial charge in [-0.25, -0.2) is 9.97 Å². The lowest BCUT2D eigenvalue weighted by Gasteiger charge is -2.38. The summed E-state index contributed by atoms with van der Waals surface area (Å²) < 4.78 is 0. The standard InChI is InChI=1S/C26H35N5O2/c1-18-7-9-20(10-8-18)21(6-4-5-11-27-3)26(33)31-14-12-30(13-15-31)25-23-19(2)16-22(32)24(23)28-17-29-25/h7-10,17,19,21-22,32H,3-6,11-16H2,1-2H3/t19-,21-,22+/m1/s1. The van der Waals surface area contributed by atoms with Crippen LogP contribution in [0.25, 0.3) is 0 Å². The van der Waals surface area contributed by atoms with Gasteiger partial charge in [0.2, 0.25) is 5.91 Å². The van der Waals surface area contributed by atoms with E-state index in [-0.39, 0.29) is 17.7 Å². The Hall–Kier alpha value is -2.80. The molecule has 1 aromatic carbocycles. The van der Waals surface area contributed by atoms with Crippen molar-refractivity contribution in [3.63, 3.8) is 0 Å². The molecule has 1 saturated heterocycles. The van der Waals surface area contributed by atoms with E-state index < -0.39 is 6.10 Å². The van der Waals surface area contributed by atoms with E-state index in [0.717, 1.165) is 61.5 Å². The van der Waals surface area contributed by atoms with Crippen molar-refractivity contribution >= 4 is 18.4 Å². The first-order valence-corrected chi connectivity index (χ1v) is 12.0. The molecule has 1 aromatic heterocycles. The van der Waals surface area contributed by atoms with E-state index >= 15 is 0 Å². The zero-order chi connectivity index (χ0) is 23.4. The number of benzene rings is 1. The molecule has 4 rings (SSSR count). The maximum atomic E-state index is 13.6. The summed E-state index contributed by atoms with van der Waals surface area (Å²) in [7, 11) is 0. The van der Waals surface area contributed by atoms with Crippen LogP contribution in [-0.4, -0.2) is 65.3 Å². The first-order valence-electron chi connectivity index (χ1n) is 12.0. The second-order valence-corrected chi connectivity index (χ2v) is 9.37. The number of aromatic nitrogens is 2. The quantitative estimate of drug-likeness (QED) is 0.492. The summed E-state index contributed by atoms with van der Waals surface area (Å²) in [5.41, 5.74) is 4.12. The van der Waals surface area contributed by atoms with Crippen LogP contribution < -0.4 is 4.90 Å². The molecule has 176 valence electrons. The van der Waals surface area contributed by atoms with Gasteiger partial charge in [-0.05, 0) is 44.4 Å². The van der Waals surface area contributed by atoms with Gasteiger partial charge in [0, 0.05) is 38.3 Å². The van der Waals surface area contributed by atoms with Gasteiger partial charge >= 0.3 is 0 Å². The van der Waals surface area contributed by atoms with E-state index in [9.17, 15) is 9.90 Å². The summed E-state index contributed by atoms with van der Waals surface area (Å²) in [6, 6.07) is 8.36. The molecule has 1 aliphatic carbocycles. The van der Waals surface area contributed by atoms with Crippen LogP contribution in [0.2, 0.25) is 0 Å². The number of aliphatic hydroxyl groups excluding tert-OH is 1. The van der Waals surface area contributed by atoms with E-state index in [0.29, 0.717) is 19.5 Å². The Morgan fingerprint density at radius 2 is 1.91 bits per heavy atom. The third-order valence-corrected chi connectivity index (χ3v) is 7.01. The van der Waals surface area contributed by atoms with Crippen LogP contribution in [-0.2, 0) is 4.79 Å². The number of hydrogen-bond acceptors (Lipinski definition) is 6. The highest BCUT2D eigenvalue weighted by atomic mass is 16.3. The number of unbranched alkanes of at least 4 members (excludes halogenated alkanes) is 1. The van der Waals surface area contributed by atoms with Crippen molar-refractivity contribution in [3.05, 3.63) is 53.0 Å². The van der Waals surface area contributed by atoms with Gasteiger partial charge in [-0.1, -0.05) is 43.2 Å².